The van der Waals surface area contributed by atoms with Crippen LogP contribution in [0.25, 0.3) is 45.6 Å². The van der Waals surface area contributed by atoms with E-state index in [0.29, 0.717) is 11.8 Å². The van der Waals surface area contributed by atoms with Crippen molar-refractivity contribution in [3.63, 3.8) is 0 Å². The minimum Gasteiger partial charge on any atom is -0.0760 e. The Hall–Kier alpha value is -4.42. The van der Waals surface area contributed by atoms with Gasteiger partial charge in [-0.3, -0.25) is 0 Å². The summed E-state index contributed by atoms with van der Waals surface area (Å²) in [5, 5.41) is 5.94. The largest absolute Gasteiger partial charge is 0.0760 e. The van der Waals surface area contributed by atoms with Gasteiger partial charge in [0.25, 0.3) is 0 Å². The van der Waals surface area contributed by atoms with Crippen LogP contribution in [0.1, 0.15) is 113 Å². The molecular weight excluding hydrogens is 601 g/mol. The van der Waals surface area contributed by atoms with Gasteiger partial charge in [-0.15, -0.1) is 0 Å². The Labute approximate surface area is 296 Å². The molecule has 5 aromatic carbocycles. The molecule has 50 heavy (non-hydrogen) atoms. The Kier molecular flexibility index (Phi) is 5.21. The lowest BCUT2D eigenvalue weighted by atomic mass is 9.67. The highest BCUT2D eigenvalue weighted by molar-refractivity contribution is 5.89. The fourth-order valence-corrected chi connectivity index (χ4v) is 11.8. The summed E-state index contributed by atoms with van der Waals surface area (Å²) < 4.78 is 0. The predicted molar refractivity (Wildman–Crippen MR) is 209 cm³/mol. The summed E-state index contributed by atoms with van der Waals surface area (Å²) in [6, 6.07) is 33.8. The van der Waals surface area contributed by atoms with E-state index < -0.39 is 0 Å². The molecule has 0 spiro atoms. The Morgan fingerprint density at radius 1 is 0.420 bits per heavy atom. The first-order valence-electron chi connectivity index (χ1n) is 19.0. The van der Waals surface area contributed by atoms with Crippen molar-refractivity contribution >= 4 is 23.3 Å². The Balaban J connectivity index is 1.07. The van der Waals surface area contributed by atoms with E-state index in [-0.39, 0.29) is 21.7 Å². The minimum absolute atomic E-state index is 0.0528. The van der Waals surface area contributed by atoms with E-state index in [1.807, 2.05) is 0 Å². The molecule has 5 aromatic rings. The van der Waals surface area contributed by atoms with Crippen LogP contribution >= 0.6 is 0 Å². The van der Waals surface area contributed by atoms with Crippen molar-refractivity contribution in [2.24, 2.45) is 11.8 Å². The van der Waals surface area contributed by atoms with Gasteiger partial charge in [-0.05, 0) is 159 Å². The fourth-order valence-electron chi connectivity index (χ4n) is 11.8. The molecule has 11 rings (SSSR count). The SMILES string of the molecule is CC1(C)c2cc(-c3ccc(-c4cc5c6c(c4)C(C)(C)C4CC=c7cccc(c7=C64)C5(C)C)cc3)cc3c2C2=c4c1cccc4=CCC2C3(C)C. The first kappa shape index (κ1) is 29.3. The van der Waals surface area contributed by atoms with E-state index in [2.05, 4.69) is 152 Å². The second-order valence-electron chi connectivity index (χ2n) is 18.5. The van der Waals surface area contributed by atoms with Gasteiger partial charge in [-0.1, -0.05) is 128 Å². The molecule has 2 unspecified atom stereocenters. The zero-order valence-corrected chi connectivity index (χ0v) is 30.8. The summed E-state index contributed by atoms with van der Waals surface area (Å²) in [4.78, 5) is 0. The molecule has 0 saturated carbocycles. The average molecular weight is 647 g/mol. The normalized spacial score (nSPS) is 23.5. The van der Waals surface area contributed by atoms with Crippen molar-refractivity contribution in [1.29, 1.82) is 0 Å². The summed E-state index contributed by atoms with van der Waals surface area (Å²) in [7, 11) is 0. The lowest BCUT2D eigenvalue weighted by molar-refractivity contribution is 0.419. The van der Waals surface area contributed by atoms with Crippen LogP contribution in [-0.2, 0) is 21.7 Å². The van der Waals surface area contributed by atoms with Crippen molar-refractivity contribution in [1.82, 2.24) is 0 Å². The van der Waals surface area contributed by atoms with Crippen molar-refractivity contribution in [3.05, 3.63) is 150 Å². The lowest BCUT2D eigenvalue weighted by Crippen LogP contribution is -2.44. The van der Waals surface area contributed by atoms with Gasteiger partial charge in [-0.2, -0.15) is 0 Å². The van der Waals surface area contributed by atoms with Gasteiger partial charge in [-0.25, -0.2) is 0 Å². The van der Waals surface area contributed by atoms with Crippen LogP contribution in [-0.4, -0.2) is 0 Å². The van der Waals surface area contributed by atoms with Crippen molar-refractivity contribution in [2.45, 2.75) is 89.9 Å². The number of hydrogen-bond acceptors (Lipinski definition) is 0. The molecule has 6 aliphatic carbocycles. The quantitative estimate of drug-likeness (QED) is 0.180. The molecule has 0 bridgehead atoms. The van der Waals surface area contributed by atoms with Gasteiger partial charge in [0.15, 0.2) is 0 Å². The molecule has 0 saturated heterocycles. The van der Waals surface area contributed by atoms with E-state index in [1.165, 1.54) is 65.4 Å². The van der Waals surface area contributed by atoms with Gasteiger partial charge in [0.05, 0.1) is 0 Å². The first-order valence-corrected chi connectivity index (χ1v) is 19.0. The second-order valence-corrected chi connectivity index (χ2v) is 18.5. The maximum absolute atomic E-state index is 2.55. The summed E-state index contributed by atoms with van der Waals surface area (Å²) in [6.07, 6.45) is 7.27. The molecule has 0 heteroatoms. The highest BCUT2D eigenvalue weighted by Gasteiger charge is 2.50. The van der Waals surface area contributed by atoms with E-state index >= 15 is 0 Å². The predicted octanol–water partition coefficient (Wildman–Crippen LogP) is 8.88. The molecule has 0 fully saturated rings. The van der Waals surface area contributed by atoms with Crippen LogP contribution in [0.5, 0.6) is 0 Å². The molecule has 0 N–H and O–H groups in total. The lowest BCUT2D eigenvalue weighted by Gasteiger charge is -2.36. The zero-order chi connectivity index (χ0) is 34.3. The molecule has 0 amide bonds. The summed E-state index contributed by atoms with van der Waals surface area (Å²) >= 11 is 0. The third-order valence-corrected chi connectivity index (χ3v) is 14.8. The van der Waals surface area contributed by atoms with Gasteiger partial charge < -0.3 is 0 Å². The standard InChI is InChI=1S/C50H46/c1-47(2)33-13-9-11-29-19-21-35-45(41(29)33)43-37(47)23-31(25-39(43)49(35,5)6)27-15-17-28(18-16-27)32-24-38-44-40(26-32)50(7,8)36-22-20-30-12-10-14-34(48(38,3)4)42(30)46(36)44/h9-20,23-26,35-36H,21-22H2,1-8H3. The van der Waals surface area contributed by atoms with Gasteiger partial charge >= 0.3 is 0 Å². The molecule has 0 nitrogen and oxygen atoms in total. The number of benzene rings is 5. The topological polar surface area (TPSA) is 0 Å². The smallest absolute Gasteiger partial charge is 0.0159 e. The van der Waals surface area contributed by atoms with E-state index in [4.69, 9.17) is 0 Å². The Bertz CT molecular complexity index is 2500. The second kappa shape index (κ2) is 8.89. The highest BCUT2D eigenvalue weighted by Crippen LogP contribution is 2.58. The molecule has 0 radical (unpaired) electrons. The average Bonchev–Trinajstić information content (AvgIpc) is 3.49. The summed E-state index contributed by atoms with van der Waals surface area (Å²) in [5.74, 6) is 1.07. The first-order chi connectivity index (χ1) is 23.8. The van der Waals surface area contributed by atoms with Crippen molar-refractivity contribution in [3.8, 4) is 22.3 Å². The number of rotatable bonds is 2. The van der Waals surface area contributed by atoms with E-state index in [9.17, 15) is 0 Å². The maximum Gasteiger partial charge on any atom is 0.0159 e. The van der Waals surface area contributed by atoms with Crippen LogP contribution in [0.2, 0.25) is 0 Å². The molecule has 0 aromatic heterocycles. The summed E-state index contributed by atoms with van der Waals surface area (Å²) in [6.45, 7) is 19.8. The van der Waals surface area contributed by atoms with Crippen molar-refractivity contribution < 1.29 is 0 Å². The van der Waals surface area contributed by atoms with Crippen LogP contribution in [0.3, 0.4) is 0 Å². The maximum atomic E-state index is 2.55. The van der Waals surface area contributed by atoms with Gasteiger partial charge in [0.2, 0.25) is 0 Å². The van der Waals surface area contributed by atoms with Crippen molar-refractivity contribution in [2.75, 3.05) is 0 Å². The zero-order valence-electron chi connectivity index (χ0n) is 30.8. The molecular formula is C50H46. The third-order valence-electron chi connectivity index (χ3n) is 14.8. The van der Waals surface area contributed by atoms with Crippen LogP contribution < -0.4 is 20.9 Å². The van der Waals surface area contributed by atoms with Crippen LogP contribution in [0, 0.1) is 11.8 Å². The fraction of sp³-hybridized carbons (Fsp3) is 0.320. The van der Waals surface area contributed by atoms with Crippen LogP contribution in [0.15, 0.2) is 84.9 Å². The highest BCUT2D eigenvalue weighted by atomic mass is 14.5. The monoisotopic (exact) mass is 646 g/mol. The molecule has 246 valence electrons. The molecule has 6 aliphatic rings. The third kappa shape index (κ3) is 3.26. The van der Waals surface area contributed by atoms with Crippen LogP contribution in [0.4, 0.5) is 0 Å². The molecule has 2 atom stereocenters. The number of hydrogen-bond donors (Lipinski definition) is 0. The van der Waals surface area contributed by atoms with E-state index in [1.54, 1.807) is 33.4 Å². The molecule has 0 aliphatic heterocycles. The van der Waals surface area contributed by atoms with Gasteiger partial charge in [0, 0.05) is 10.8 Å². The summed E-state index contributed by atoms with van der Waals surface area (Å²) in [5.41, 5.74) is 20.8. The molecule has 0 heterocycles. The Morgan fingerprint density at radius 3 is 1.20 bits per heavy atom. The van der Waals surface area contributed by atoms with E-state index in [0.717, 1.165) is 12.8 Å². The Morgan fingerprint density at radius 2 is 0.800 bits per heavy atom. The van der Waals surface area contributed by atoms with Gasteiger partial charge in [0.1, 0.15) is 0 Å². The minimum atomic E-state index is -0.0528.